The van der Waals surface area contributed by atoms with Crippen LogP contribution in [0.25, 0.3) is 0 Å². The molecule has 0 fully saturated rings. The van der Waals surface area contributed by atoms with E-state index in [0.717, 1.165) is 19.5 Å². The molecule has 16 heavy (non-hydrogen) atoms. The van der Waals surface area contributed by atoms with Crippen LogP contribution < -0.4 is 34.9 Å². The molecule has 0 atom stereocenters. The van der Waals surface area contributed by atoms with Crippen molar-refractivity contribution in [3.63, 3.8) is 0 Å². The molecule has 0 rings (SSSR count). The van der Waals surface area contributed by atoms with Gasteiger partial charge in [-0.3, -0.25) is 9.59 Å². The average molecular weight is 243 g/mol. The Kier molecular flexibility index (Phi) is 37.8. The molecule has 0 saturated carbocycles. The molecule has 0 aliphatic heterocycles. The summed E-state index contributed by atoms with van der Waals surface area (Å²) in [7, 11) is 0. The Labute approximate surface area is 120 Å². The Morgan fingerprint density at radius 3 is 1.31 bits per heavy atom. The average Bonchev–Trinajstić information content (AvgIpc) is 2.05. The topological polar surface area (TPSA) is 86.6 Å². The second-order valence-corrected chi connectivity index (χ2v) is 2.42. The van der Waals surface area contributed by atoms with Gasteiger partial charge in [0.25, 0.3) is 0 Å². The van der Waals surface area contributed by atoms with E-state index < -0.39 is 18.4 Å². The summed E-state index contributed by atoms with van der Waals surface area (Å²) in [4.78, 5) is 18.9. The summed E-state index contributed by atoms with van der Waals surface area (Å²) in [5.41, 5.74) is 0. The molecule has 0 aromatic rings. The largest absolute Gasteiger partial charge is 1.00 e. The maximum Gasteiger partial charge on any atom is 1.00 e. The van der Waals surface area contributed by atoms with Crippen LogP contribution in [0.1, 0.15) is 33.6 Å². The van der Waals surface area contributed by atoms with Crippen LogP contribution in [0.4, 0.5) is 0 Å². The second-order valence-electron chi connectivity index (χ2n) is 2.42. The molecule has 0 aromatic heterocycles. The van der Waals surface area contributed by atoms with E-state index in [-0.39, 0.29) is 29.6 Å². The Hall–Kier alpha value is -0.100. The van der Waals surface area contributed by atoms with Crippen LogP contribution >= 0.6 is 0 Å². The molecule has 0 aliphatic rings. The van der Waals surface area contributed by atoms with Gasteiger partial charge in [-0.25, -0.2) is 0 Å². The summed E-state index contributed by atoms with van der Waals surface area (Å²) < 4.78 is 0. The van der Waals surface area contributed by atoms with Crippen molar-refractivity contribution in [1.29, 1.82) is 0 Å². The van der Waals surface area contributed by atoms with Gasteiger partial charge in [-0.1, -0.05) is 20.8 Å². The van der Waals surface area contributed by atoms with Crippen molar-refractivity contribution in [2.45, 2.75) is 33.6 Å². The zero-order valence-corrected chi connectivity index (χ0v) is 12.7. The second kappa shape index (κ2) is 24.2. The number of rotatable bonds is 4. The summed E-state index contributed by atoms with van der Waals surface area (Å²) in [5, 5.41) is 18.5. The molecule has 0 aromatic carbocycles. The maximum absolute atomic E-state index is 9.43. The van der Waals surface area contributed by atoms with Crippen LogP contribution in [0.3, 0.4) is 0 Å². The van der Waals surface area contributed by atoms with Crippen LogP contribution in [0.2, 0.25) is 0 Å². The molecule has 0 saturated heterocycles. The first kappa shape index (κ1) is 24.9. The minimum absolute atomic E-state index is 0. The van der Waals surface area contributed by atoms with Crippen molar-refractivity contribution in [1.82, 2.24) is 5.32 Å². The van der Waals surface area contributed by atoms with Crippen molar-refractivity contribution in [2.24, 2.45) is 0 Å². The quantitative estimate of drug-likeness (QED) is 0.314. The van der Waals surface area contributed by atoms with Crippen molar-refractivity contribution in [2.75, 3.05) is 13.1 Å². The summed E-state index contributed by atoms with van der Waals surface area (Å²) in [5.74, 6) is -2.62. The van der Waals surface area contributed by atoms with Crippen LogP contribution in [0.15, 0.2) is 0 Å². The number of hydrogen-bond donors (Lipinski definition) is 3. The summed E-state index contributed by atoms with van der Waals surface area (Å²) >= 11 is 0. The minimum atomic E-state index is -1.31. The van der Waals surface area contributed by atoms with E-state index in [0.29, 0.717) is 0 Å². The fourth-order valence-corrected chi connectivity index (χ4v) is 0.379. The minimum Gasteiger partial charge on any atom is -0.481 e. The molecule has 0 amide bonds. The van der Waals surface area contributed by atoms with E-state index >= 15 is 0 Å². The van der Waals surface area contributed by atoms with Gasteiger partial charge in [-0.05, 0) is 13.1 Å². The van der Waals surface area contributed by atoms with E-state index in [2.05, 4.69) is 26.1 Å². The van der Waals surface area contributed by atoms with Gasteiger partial charge < -0.3 is 22.5 Å². The molecule has 0 radical (unpaired) electrons. The van der Waals surface area contributed by atoms with E-state index in [1.54, 1.807) is 0 Å². The van der Waals surface area contributed by atoms with Crippen molar-refractivity contribution in [3.8, 4) is 0 Å². The fourth-order valence-electron chi connectivity index (χ4n) is 0.379. The molecular weight excluding hydrogens is 221 g/mol. The van der Waals surface area contributed by atoms with Crippen molar-refractivity contribution < 1.29 is 49.4 Å². The van der Waals surface area contributed by atoms with Gasteiger partial charge in [0.2, 0.25) is 0 Å². The molecular formula is C10H22NNaO4. The number of carboxylic acids is 2. The zero-order valence-electron chi connectivity index (χ0n) is 10.7. The van der Waals surface area contributed by atoms with Crippen LogP contribution in [0.5, 0.6) is 0 Å². The normalized spacial score (nSPS) is 7.25. The summed E-state index contributed by atoms with van der Waals surface area (Å²) in [6, 6.07) is 0. The van der Waals surface area contributed by atoms with Gasteiger partial charge in [-0.2, -0.15) is 6.42 Å². The molecule has 3 N–H and O–H groups in total. The molecule has 0 heterocycles. The first-order chi connectivity index (χ1) is 6.95. The molecule has 6 heteroatoms. The monoisotopic (exact) mass is 243 g/mol. The smallest absolute Gasteiger partial charge is 0.481 e. The Bertz CT molecular complexity index is 140. The van der Waals surface area contributed by atoms with Gasteiger partial charge in [-0.15, -0.1) is 0 Å². The molecule has 5 nitrogen and oxygen atoms in total. The predicted octanol–water partition coefficient (Wildman–Crippen LogP) is -1.60. The predicted molar refractivity (Wildman–Crippen MR) is 59.8 cm³/mol. The third-order valence-electron chi connectivity index (χ3n) is 0.802. The van der Waals surface area contributed by atoms with Gasteiger partial charge in [0.1, 0.15) is 6.42 Å². The SMILES string of the molecule is CCNCC.O=C(O)CC(=O)O.[CH2-]CC.[Na+]. The number of carbonyl (C=O) groups is 2. The van der Waals surface area contributed by atoms with Crippen LogP contribution in [-0.2, 0) is 9.59 Å². The Balaban J connectivity index is -0.0000000710. The third kappa shape index (κ3) is 66.4. The van der Waals surface area contributed by atoms with Crippen molar-refractivity contribution in [3.05, 3.63) is 6.92 Å². The van der Waals surface area contributed by atoms with Gasteiger partial charge in [0.05, 0.1) is 0 Å². The number of aliphatic carboxylic acids is 2. The Morgan fingerprint density at radius 2 is 1.31 bits per heavy atom. The van der Waals surface area contributed by atoms with E-state index in [1.165, 1.54) is 0 Å². The molecule has 0 unspecified atom stereocenters. The Morgan fingerprint density at radius 1 is 1.06 bits per heavy atom. The standard InChI is InChI=1S/C4H11N.C3H4O4.C3H7.Na/c1-3-5-4-2;4-2(5)1-3(6)7;1-3-2;/h5H,3-4H2,1-2H3;1H2,(H,4,5)(H,6,7);1,3H2,2H3;/q;;-1;+1. The first-order valence-electron chi connectivity index (χ1n) is 4.89. The first-order valence-corrected chi connectivity index (χ1v) is 4.89. The van der Waals surface area contributed by atoms with Gasteiger partial charge >= 0.3 is 41.5 Å². The van der Waals surface area contributed by atoms with E-state index in [9.17, 15) is 9.59 Å². The fraction of sp³-hybridized carbons (Fsp3) is 0.700. The molecule has 0 aliphatic carbocycles. The van der Waals surface area contributed by atoms with E-state index in [4.69, 9.17) is 10.2 Å². The summed E-state index contributed by atoms with van der Waals surface area (Å²) in [6.45, 7) is 11.9. The van der Waals surface area contributed by atoms with Gasteiger partial charge in [0.15, 0.2) is 0 Å². The zero-order chi connectivity index (χ0) is 12.7. The van der Waals surface area contributed by atoms with Crippen LogP contribution in [0, 0.1) is 6.92 Å². The van der Waals surface area contributed by atoms with Crippen molar-refractivity contribution >= 4 is 11.9 Å². The molecule has 0 bridgehead atoms. The van der Waals surface area contributed by atoms with E-state index in [1.807, 2.05) is 6.92 Å². The number of carboxylic acid groups (broad SMARTS) is 2. The number of hydrogen-bond acceptors (Lipinski definition) is 3. The molecule has 0 spiro atoms. The maximum atomic E-state index is 9.43. The van der Waals surface area contributed by atoms with Crippen LogP contribution in [-0.4, -0.2) is 35.2 Å². The van der Waals surface area contributed by atoms with Gasteiger partial charge in [0, 0.05) is 0 Å². The third-order valence-corrected chi connectivity index (χ3v) is 0.802. The summed E-state index contributed by atoms with van der Waals surface area (Å²) in [6.07, 6.45) is 0.194. The molecule has 92 valence electrons. The number of nitrogens with one attached hydrogen (secondary N) is 1.